The van der Waals surface area contributed by atoms with Crippen molar-refractivity contribution in [2.24, 2.45) is 0 Å². The lowest BCUT2D eigenvalue weighted by Crippen LogP contribution is -2.43. The highest BCUT2D eigenvalue weighted by atomic mass is 16.2. The quantitative estimate of drug-likeness (QED) is 0.416. The van der Waals surface area contributed by atoms with E-state index in [-0.39, 0.29) is 18.0 Å². The van der Waals surface area contributed by atoms with E-state index >= 15 is 0 Å². The molecular formula is C23H21N7O3. The van der Waals surface area contributed by atoms with E-state index in [0.717, 1.165) is 15.6 Å². The van der Waals surface area contributed by atoms with Crippen molar-refractivity contribution in [1.82, 2.24) is 28.7 Å². The van der Waals surface area contributed by atoms with Gasteiger partial charge in [0.05, 0.1) is 23.9 Å². The van der Waals surface area contributed by atoms with Crippen molar-refractivity contribution in [3.8, 4) is 0 Å². The van der Waals surface area contributed by atoms with E-state index in [1.807, 2.05) is 61.5 Å². The summed E-state index contributed by atoms with van der Waals surface area (Å²) >= 11 is 0. The summed E-state index contributed by atoms with van der Waals surface area (Å²) in [5, 5.41) is 2.64. The predicted molar refractivity (Wildman–Crippen MR) is 124 cm³/mol. The molecule has 0 fully saturated rings. The van der Waals surface area contributed by atoms with Crippen LogP contribution in [0.2, 0.25) is 0 Å². The van der Waals surface area contributed by atoms with Gasteiger partial charge in [0.2, 0.25) is 11.9 Å². The number of carbonyl (C=O) groups is 1. The average Bonchev–Trinajstić information content (AvgIpc) is 3.43. The highest BCUT2D eigenvalue weighted by Gasteiger charge is 2.20. The van der Waals surface area contributed by atoms with E-state index in [0.29, 0.717) is 17.7 Å². The molecule has 10 heteroatoms. The molecule has 0 unspecified atom stereocenters. The Bertz CT molecular complexity index is 1560. The second kappa shape index (κ2) is 8.23. The third kappa shape index (κ3) is 3.71. The van der Waals surface area contributed by atoms with Crippen LogP contribution in [0.25, 0.3) is 22.2 Å². The molecular weight excluding hydrogens is 422 g/mol. The molecule has 33 heavy (non-hydrogen) atoms. The Balaban J connectivity index is 1.54. The number of nitrogens with one attached hydrogen (secondary N) is 2. The standard InChI is InChI=1S/C23H21N7O3/c1-2-28-14-24-20-19(28)21(32)30(23(33)29(20)12-15-8-4-3-5-9-15)13-18(31)27-22-25-16-10-6-7-11-17(16)26-22/h3-11,14H,2,12-13H2,1H3,(H2,25,26,27,31). The molecule has 2 aromatic carbocycles. The van der Waals surface area contributed by atoms with Crippen molar-refractivity contribution >= 4 is 34.1 Å². The molecule has 166 valence electrons. The van der Waals surface area contributed by atoms with Gasteiger partial charge in [0, 0.05) is 6.54 Å². The summed E-state index contributed by atoms with van der Waals surface area (Å²) in [5.41, 5.74) is 1.76. The molecule has 10 nitrogen and oxygen atoms in total. The Kier molecular flexibility index (Phi) is 5.09. The molecule has 2 N–H and O–H groups in total. The second-order valence-electron chi connectivity index (χ2n) is 7.60. The zero-order valence-corrected chi connectivity index (χ0v) is 17.9. The number of fused-ring (bicyclic) bond motifs is 2. The number of nitrogens with zero attached hydrogens (tertiary/aromatic N) is 5. The minimum Gasteiger partial charge on any atom is -0.325 e. The maximum Gasteiger partial charge on any atom is 0.333 e. The first-order chi connectivity index (χ1) is 16.0. The van der Waals surface area contributed by atoms with Crippen molar-refractivity contribution in [2.75, 3.05) is 5.32 Å². The predicted octanol–water partition coefficient (Wildman–Crippen LogP) is 1.94. The van der Waals surface area contributed by atoms with E-state index in [4.69, 9.17) is 0 Å². The van der Waals surface area contributed by atoms with Crippen molar-refractivity contribution < 1.29 is 4.79 Å². The van der Waals surface area contributed by atoms with Crippen LogP contribution in [0.1, 0.15) is 12.5 Å². The fourth-order valence-corrected chi connectivity index (χ4v) is 3.85. The van der Waals surface area contributed by atoms with Gasteiger partial charge in [-0.2, -0.15) is 0 Å². The number of rotatable bonds is 6. The number of hydrogen-bond acceptors (Lipinski definition) is 5. The Morgan fingerprint density at radius 1 is 1.03 bits per heavy atom. The van der Waals surface area contributed by atoms with E-state index in [1.165, 1.54) is 10.9 Å². The van der Waals surface area contributed by atoms with Crippen LogP contribution in [-0.2, 0) is 24.4 Å². The zero-order chi connectivity index (χ0) is 22.9. The number of aryl methyl sites for hydroxylation is 1. The molecule has 0 aliphatic rings. The molecule has 3 aromatic heterocycles. The van der Waals surface area contributed by atoms with Gasteiger partial charge in [0.1, 0.15) is 6.54 Å². The average molecular weight is 443 g/mol. The van der Waals surface area contributed by atoms with Gasteiger partial charge in [-0.3, -0.25) is 19.5 Å². The highest BCUT2D eigenvalue weighted by molar-refractivity contribution is 5.91. The molecule has 0 aliphatic heterocycles. The Labute approximate surface area is 187 Å². The molecule has 0 spiro atoms. The fourth-order valence-electron chi connectivity index (χ4n) is 3.85. The second-order valence-corrected chi connectivity index (χ2v) is 7.60. The van der Waals surface area contributed by atoms with E-state index in [9.17, 15) is 14.4 Å². The van der Waals surface area contributed by atoms with Gasteiger partial charge >= 0.3 is 5.69 Å². The van der Waals surface area contributed by atoms with E-state index in [2.05, 4.69) is 20.3 Å². The van der Waals surface area contributed by atoms with E-state index < -0.39 is 23.7 Å². The number of para-hydroxylation sites is 2. The monoisotopic (exact) mass is 443 g/mol. The lowest BCUT2D eigenvalue weighted by Gasteiger charge is -2.12. The van der Waals surface area contributed by atoms with Gasteiger partial charge in [-0.15, -0.1) is 0 Å². The van der Waals surface area contributed by atoms with Crippen LogP contribution < -0.4 is 16.6 Å². The maximum atomic E-state index is 13.3. The summed E-state index contributed by atoms with van der Waals surface area (Å²) in [6, 6.07) is 16.8. The number of carbonyl (C=O) groups excluding carboxylic acids is 1. The summed E-state index contributed by atoms with van der Waals surface area (Å²) in [6.45, 7) is 2.16. The normalized spacial score (nSPS) is 11.3. The molecule has 5 aromatic rings. The van der Waals surface area contributed by atoms with Gasteiger partial charge in [-0.05, 0) is 24.6 Å². The van der Waals surface area contributed by atoms with E-state index in [1.54, 1.807) is 4.57 Å². The summed E-state index contributed by atoms with van der Waals surface area (Å²) in [7, 11) is 0. The first kappa shape index (κ1) is 20.4. The number of imidazole rings is 2. The van der Waals surface area contributed by atoms with Crippen LogP contribution in [0.5, 0.6) is 0 Å². The lowest BCUT2D eigenvalue weighted by atomic mass is 10.2. The van der Waals surface area contributed by atoms with Crippen molar-refractivity contribution in [1.29, 1.82) is 0 Å². The minimum atomic E-state index is -0.600. The van der Waals surface area contributed by atoms with Crippen LogP contribution in [0.15, 0.2) is 70.5 Å². The van der Waals surface area contributed by atoms with Gasteiger partial charge < -0.3 is 9.55 Å². The number of hydrogen-bond donors (Lipinski definition) is 2. The Morgan fingerprint density at radius 2 is 1.79 bits per heavy atom. The largest absolute Gasteiger partial charge is 0.333 e. The highest BCUT2D eigenvalue weighted by Crippen LogP contribution is 2.13. The van der Waals surface area contributed by atoms with Crippen LogP contribution >= 0.6 is 0 Å². The number of benzene rings is 2. The summed E-state index contributed by atoms with van der Waals surface area (Å²) in [5.74, 6) is -0.292. The first-order valence-corrected chi connectivity index (χ1v) is 10.5. The van der Waals surface area contributed by atoms with Crippen LogP contribution in [0, 0.1) is 0 Å². The Hall–Kier alpha value is -4.47. The van der Waals surface area contributed by atoms with Gasteiger partial charge in [0.15, 0.2) is 11.2 Å². The van der Waals surface area contributed by atoms with Gasteiger partial charge in [-0.25, -0.2) is 19.3 Å². The number of amides is 1. The fraction of sp³-hybridized carbons (Fsp3) is 0.174. The summed E-state index contributed by atoms with van der Waals surface area (Å²) < 4.78 is 4.04. The van der Waals surface area contributed by atoms with Crippen molar-refractivity contribution in [3.63, 3.8) is 0 Å². The number of anilines is 1. The summed E-state index contributed by atoms with van der Waals surface area (Å²) in [6.07, 6.45) is 1.53. The molecule has 0 atom stereocenters. The zero-order valence-electron chi connectivity index (χ0n) is 17.9. The third-order valence-corrected chi connectivity index (χ3v) is 5.46. The Morgan fingerprint density at radius 3 is 2.55 bits per heavy atom. The molecule has 5 rings (SSSR count). The molecule has 0 radical (unpaired) electrons. The van der Waals surface area contributed by atoms with Crippen molar-refractivity contribution in [2.45, 2.75) is 26.6 Å². The first-order valence-electron chi connectivity index (χ1n) is 10.5. The summed E-state index contributed by atoms with van der Waals surface area (Å²) in [4.78, 5) is 50.9. The lowest BCUT2D eigenvalue weighted by molar-refractivity contribution is -0.116. The topological polar surface area (TPSA) is 120 Å². The van der Waals surface area contributed by atoms with Gasteiger partial charge in [0.25, 0.3) is 5.56 Å². The maximum absolute atomic E-state index is 13.3. The molecule has 0 aliphatic carbocycles. The minimum absolute atomic E-state index is 0.225. The van der Waals surface area contributed by atoms with Crippen LogP contribution in [0.4, 0.5) is 5.95 Å². The molecule has 1 amide bonds. The smallest absolute Gasteiger partial charge is 0.325 e. The molecule has 3 heterocycles. The van der Waals surface area contributed by atoms with Crippen LogP contribution in [0.3, 0.4) is 0 Å². The number of aromatic nitrogens is 6. The third-order valence-electron chi connectivity index (χ3n) is 5.46. The number of H-pyrrole nitrogens is 1. The molecule has 0 saturated heterocycles. The molecule has 0 saturated carbocycles. The SMILES string of the molecule is CCn1cnc2c1c(=O)n(CC(=O)Nc1nc3ccccc3[nH]1)c(=O)n2Cc1ccccc1. The number of aromatic amines is 1. The van der Waals surface area contributed by atoms with Gasteiger partial charge in [-0.1, -0.05) is 42.5 Å². The van der Waals surface area contributed by atoms with Crippen LogP contribution in [-0.4, -0.2) is 34.6 Å². The molecule has 0 bridgehead atoms. The van der Waals surface area contributed by atoms with Crippen molar-refractivity contribution in [3.05, 3.63) is 87.3 Å².